The number of nitrogens with one attached hydrogen (secondary N) is 1. The van der Waals surface area contributed by atoms with E-state index in [1.165, 1.54) is 36.6 Å². The Morgan fingerprint density at radius 2 is 2.28 bits per heavy atom. The molecule has 1 atom stereocenters. The molecule has 4 nitrogen and oxygen atoms in total. The number of nitrogens with zero attached hydrogens (tertiary/aromatic N) is 2. The Morgan fingerprint density at radius 1 is 1.39 bits per heavy atom. The van der Waals surface area contributed by atoms with E-state index < -0.39 is 0 Å². The highest BCUT2D eigenvalue weighted by Crippen LogP contribution is 2.37. The topological polar surface area (TPSA) is 63.8 Å². The van der Waals surface area contributed by atoms with E-state index >= 15 is 0 Å². The molecule has 0 radical (unpaired) electrons. The lowest BCUT2D eigenvalue weighted by Gasteiger charge is -2.26. The lowest BCUT2D eigenvalue weighted by molar-refractivity contribution is 0.419. The molecule has 1 fully saturated rings. The maximum absolute atomic E-state index is 5.66. The van der Waals surface area contributed by atoms with E-state index in [0.717, 1.165) is 17.2 Å². The molecule has 0 bridgehead atoms. The summed E-state index contributed by atoms with van der Waals surface area (Å²) in [6.45, 7) is 0. The molecule has 1 saturated carbocycles. The van der Waals surface area contributed by atoms with Crippen molar-refractivity contribution in [2.45, 2.75) is 31.2 Å². The molecular formula is C13H16N4S. The van der Waals surface area contributed by atoms with Gasteiger partial charge in [-0.3, -0.25) is 5.84 Å². The van der Waals surface area contributed by atoms with Gasteiger partial charge in [-0.25, -0.2) is 5.43 Å². The van der Waals surface area contributed by atoms with Gasteiger partial charge in [-0.2, -0.15) is 8.75 Å². The molecule has 3 N–H and O–H groups in total. The standard InChI is InChI=1S/C13H16N4S/c14-16-13(12-8-15-18-17-12)11-6-2-5-10(7-11)9-3-1-4-9/h2,5-9,13,16H,1,3-4,14H2. The summed E-state index contributed by atoms with van der Waals surface area (Å²) in [5.74, 6) is 6.39. The van der Waals surface area contributed by atoms with Gasteiger partial charge in [-0.05, 0) is 29.9 Å². The van der Waals surface area contributed by atoms with Crippen LogP contribution in [-0.4, -0.2) is 8.75 Å². The van der Waals surface area contributed by atoms with Gasteiger partial charge in [0.2, 0.25) is 0 Å². The number of nitrogens with two attached hydrogens (primary N) is 1. The third-order valence-corrected chi connectivity index (χ3v) is 4.15. The molecule has 1 aliphatic carbocycles. The van der Waals surface area contributed by atoms with Crippen molar-refractivity contribution in [2.75, 3.05) is 0 Å². The molecule has 1 aromatic carbocycles. The molecule has 5 heteroatoms. The summed E-state index contributed by atoms with van der Waals surface area (Å²) >= 11 is 1.21. The lowest BCUT2D eigenvalue weighted by Crippen LogP contribution is -2.29. The normalized spacial score (nSPS) is 17.4. The molecule has 1 aromatic heterocycles. The summed E-state index contributed by atoms with van der Waals surface area (Å²) < 4.78 is 8.30. The maximum atomic E-state index is 5.66. The van der Waals surface area contributed by atoms with Gasteiger partial charge in [0.25, 0.3) is 0 Å². The Balaban J connectivity index is 1.90. The minimum absolute atomic E-state index is 0.0659. The van der Waals surface area contributed by atoms with Gasteiger partial charge in [0.05, 0.1) is 29.7 Å². The lowest BCUT2D eigenvalue weighted by atomic mass is 9.79. The van der Waals surface area contributed by atoms with Crippen molar-refractivity contribution in [2.24, 2.45) is 5.84 Å². The second kappa shape index (κ2) is 5.14. The first-order valence-electron chi connectivity index (χ1n) is 6.22. The molecule has 1 unspecified atom stereocenters. The number of benzene rings is 1. The summed E-state index contributed by atoms with van der Waals surface area (Å²) in [5.41, 5.74) is 6.29. The summed E-state index contributed by atoms with van der Waals surface area (Å²) in [5, 5.41) is 0. The first kappa shape index (κ1) is 11.8. The molecule has 0 spiro atoms. The molecule has 18 heavy (non-hydrogen) atoms. The van der Waals surface area contributed by atoms with Crippen LogP contribution in [0.2, 0.25) is 0 Å². The summed E-state index contributed by atoms with van der Waals surface area (Å²) in [7, 11) is 0. The highest BCUT2D eigenvalue weighted by Gasteiger charge is 2.21. The van der Waals surface area contributed by atoms with E-state index in [1.807, 2.05) is 0 Å². The molecule has 1 heterocycles. The Morgan fingerprint density at radius 3 is 2.89 bits per heavy atom. The van der Waals surface area contributed by atoms with Crippen LogP contribution in [0.4, 0.5) is 0 Å². The van der Waals surface area contributed by atoms with E-state index in [2.05, 4.69) is 38.4 Å². The van der Waals surface area contributed by atoms with Crippen molar-refractivity contribution in [1.29, 1.82) is 0 Å². The zero-order valence-corrected chi connectivity index (χ0v) is 10.9. The van der Waals surface area contributed by atoms with Crippen molar-refractivity contribution in [3.05, 3.63) is 47.3 Å². The zero-order chi connectivity index (χ0) is 12.4. The van der Waals surface area contributed by atoms with Gasteiger partial charge in [0, 0.05) is 0 Å². The number of rotatable bonds is 4. The fourth-order valence-corrected chi connectivity index (χ4v) is 2.83. The van der Waals surface area contributed by atoms with Crippen molar-refractivity contribution in [3.8, 4) is 0 Å². The highest BCUT2D eigenvalue weighted by molar-refractivity contribution is 6.99. The number of hydrazine groups is 1. The van der Waals surface area contributed by atoms with Crippen molar-refractivity contribution in [3.63, 3.8) is 0 Å². The fourth-order valence-electron chi connectivity index (χ4n) is 2.39. The highest BCUT2D eigenvalue weighted by atomic mass is 32.1. The molecule has 0 amide bonds. The molecule has 1 aliphatic rings. The van der Waals surface area contributed by atoms with E-state index in [-0.39, 0.29) is 6.04 Å². The van der Waals surface area contributed by atoms with Crippen LogP contribution in [0, 0.1) is 0 Å². The number of hydrogen-bond acceptors (Lipinski definition) is 5. The Bertz CT molecular complexity index is 507. The first-order chi connectivity index (χ1) is 8.88. The fraction of sp³-hybridized carbons (Fsp3) is 0.385. The molecule has 3 rings (SSSR count). The summed E-state index contributed by atoms with van der Waals surface area (Å²) in [6.07, 6.45) is 5.74. The average molecular weight is 260 g/mol. The van der Waals surface area contributed by atoms with E-state index in [9.17, 15) is 0 Å². The van der Waals surface area contributed by atoms with Crippen LogP contribution >= 0.6 is 11.7 Å². The Hall–Kier alpha value is -1.30. The summed E-state index contributed by atoms with van der Waals surface area (Å²) in [4.78, 5) is 0. The second-order valence-electron chi connectivity index (χ2n) is 4.73. The third kappa shape index (κ3) is 2.16. The first-order valence-corrected chi connectivity index (χ1v) is 6.95. The predicted octanol–water partition coefficient (Wildman–Crippen LogP) is 2.36. The van der Waals surface area contributed by atoms with Gasteiger partial charge in [-0.15, -0.1) is 0 Å². The van der Waals surface area contributed by atoms with Crippen molar-refractivity contribution >= 4 is 11.7 Å². The Kier molecular flexibility index (Phi) is 3.36. The summed E-state index contributed by atoms with van der Waals surface area (Å²) in [6, 6.07) is 8.58. The minimum Gasteiger partial charge on any atom is -0.271 e. The van der Waals surface area contributed by atoms with E-state index in [4.69, 9.17) is 5.84 Å². The van der Waals surface area contributed by atoms with Crippen LogP contribution < -0.4 is 11.3 Å². The zero-order valence-electron chi connectivity index (χ0n) is 10.0. The van der Waals surface area contributed by atoms with Gasteiger partial charge in [0.1, 0.15) is 0 Å². The molecular weight excluding hydrogens is 244 g/mol. The maximum Gasteiger partial charge on any atom is 0.0970 e. The molecule has 0 aliphatic heterocycles. The van der Waals surface area contributed by atoms with E-state index in [0.29, 0.717) is 0 Å². The van der Waals surface area contributed by atoms with Crippen LogP contribution in [-0.2, 0) is 0 Å². The third-order valence-electron chi connectivity index (χ3n) is 3.66. The minimum atomic E-state index is -0.0659. The van der Waals surface area contributed by atoms with Crippen molar-refractivity contribution in [1.82, 2.24) is 14.2 Å². The van der Waals surface area contributed by atoms with Crippen LogP contribution in [0.15, 0.2) is 30.5 Å². The second-order valence-corrected chi connectivity index (χ2v) is 5.29. The SMILES string of the molecule is NNC(c1cccc(C2CCC2)c1)c1cnsn1. The predicted molar refractivity (Wildman–Crippen MR) is 72.1 cm³/mol. The quantitative estimate of drug-likeness (QED) is 0.654. The molecule has 0 saturated heterocycles. The van der Waals surface area contributed by atoms with Crippen LogP contribution in [0.5, 0.6) is 0 Å². The average Bonchev–Trinajstić information content (AvgIpc) is 2.82. The van der Waals surface area contributed by atoms with Gasteiger partial charge >= 0.3 is 0 Å². The van der Waals surface area contributed by atoms with Gasteiger partial charge in [0.15, 0.2) is 0 Å². The van der Waals surface area contributed by atoms with Gasteiger partial charge < -0.3 is 0 Å². The van der Waals surface area contributed by atoms with Crippen molar-refractivity contribution < 1.29 is 0 Å². The van der Waals surface area contributed by atoms with Gasteiger partial charge in [-0.1, -0.05) is 30.7 Å². The number of aromatic nitrogens is 2. The monoisotopic (exact) mass is 260 g/mol. The Labute approximate surface area is 111 Å². The van der Waals surface area contributed by atoms with Crippen LogP contribution in [0.25, 0.3) is 0 Å². The largest absolute Gasteiger partial charge is 0.271 e. The molecule has 94 valence electrons. The van der Waals surface area contributed by atoms with E-state index in [1.54, 1.807) is 6.20 Å². The smallest absolute Gasteiger partial charge is 0.0970 e. The number of hydrogen-bond donors (Lipinski definition) is 2. The molecule has 2 aromatic rings. The van der Waals surface area contributed by atoms with Crippen LogP contribution in [0.1, 0.15) is 48.0 Å². The van der Waals surface area contributed by atoms with Crippen LogP contribution in [0.3, 0.4) is 0 Å².